The molecule has 3 aromatic rings. The van der Waals surface area contributed by atoms with Crippen molar-refractivity contribution in [3.8, 4) is 11.5 Å². The molecule has 164 valence electrons. The van der Waals surface area contributed by atoms with E-state index in [4.69, 9.17) is 14.5 Å². The molecule has 1 amide bonds. The zero-order valence-corrected chi connectivity index (χ0v) is 19.0. The standard InChI is InChI=1S/C23H28N4O3S/c1-16-6-4-5-7-17(16)22(28)24-10-11-26-12-14-27(15-13-26)23-25-20-19(31-23)9-8-18(29-2)21(20)30-3/h4-9H,10-15H2,1-3H3,(H,24,28). The maximum Gasteiger partial charge on any atom is 0.251 e. The number of anilines is 1. The van der Waals surface area contributed by atoms with Crippen LogP contribution in [-0.2, 0) is 0 Å². The van der Waals surface area contributed by atoms with Gasteiger partial charge in [0.25, 0.3) is 5.91 Å². The van der Waals surface area contributed by atoms with Gasteiger partial charge in [0.05, 0.1) is 18.9 Å². The van der Waals surface area contributed by atoms with Crippen LogP contribution in [0.2, 0.25) is 0 Å². The molecule has 7 nitrogen and oxygen atoms in total. The van der Waals surface area contributed by atoms with Gasteiger partial charge in [-0.3, -0.25) is 9.69 Å². The van der Waals surface area contributed by atoms with Crippen molar-refractivity contribution >= 4 is 32.6 Å². The lowest BCUT2D eigenvalue weighted by molar-refractivity contribution is 0.0947. The van der Waals surface area contributed by atoms with Crippen LogP contribution in [0.5, 0.6) is 11.5 Å². The smallest absolute Gasteiger partial charge is 0.251 e. The molecule has 0 spiro atoms. The van der Waals surface area contributed by atoms with Crippen LogP contribution in [0.1, 0.15) is 15.9 Å². The van der Waals surface area contributed by atoms with E-state index in [0.717, 1.165) is 59.2 Å². The fraction of sp³-hybridized carbons (Fsp3) is 0.391. The molecule has 8 heteroatoms. The maximum atomic E-state index is 12.4. The second-order valence-electron chi connectivity index (χ2n) is 7.54. The van der Waals surface area contributed by atoms with E-state index in [0.29, 0.717) is 18.0 Å². The minimum Gasteiger partial charge on any atom is -0.493 e. The van der Waals surface area contributed by atoms with Gasteiger partial charge in [-0.05, 0) is 30.7 Å². The minimum absolute atomic E-state index is 0.00409. The van der Waals surface area contributed by atoms with Crippen molar-refractivity contribution in [1.29, 1.82) is 0 Å². The average molecular weight is 441 g/mol. The van der Waals surface area contributed by atoms with Gasteiger partial charge in [0.2, 0.25) is 0 Å². The Morgan fingerprint density at radius 1 is 1.10 bits per heavy atom. The van der Waals surface area contributed by atoms with Crippen LogP contribution in [0.4, 0.5) is 5.13 Å². The lowest BCUT2D eigenvalue weighted by atomic mass is 10.1. The number of ether oxygens (including phenoxy) is 2. The quantitative estimate of drug-likeness (QED) is 0.609. The highest BCUT2D eigenvalue weighted by atomic mass is 32.1. The van der Waals surface area contributed by atoms with Crippen LogP contribution < -0.4 is 19.7 Å². The summed E-state index contributed by atoms with van der Waals surface area (Å²) in [6.45, 7) is 7.15. The van der Waals surface area contributed by atoms with Crippen LogP contribution in [-0.4, -0.2) is 69.3 Å². The number of aromatic nitrogens is 1. The van der Waals surface area contributed by atoms with Gasteiger partial charge < -0.3 is 19.7 Å². The van der Waals surface area contributed by atoms with Gasteiger partial charge in [0, 0.05) is 44.8 Å². The first-order chi connectivity index (χ1) is 15.1. The third-order valence-corrected chi connectivity index (χ3v) is 6.72. The lowest BCUT2D eigenvalue weighted by Crippen LogP contribution is -2.48. The summed E-state index contributed by atoms with van der Waals surface area (Å²) in [4.78, 5) is 21.9. The van der Waals surface area contributed by atoms with Gasteiger partial charge in [-0.2, -0.15) is 0 Å². The van der Waals surface area contributed by atoms with Crippen LogP contribution in [0.25, 0.3) is 10.2 Å². The molecule has 1 saturated heterocycles. The molecular formula is C23H28N4O3S. The molecule has 0 bridgehead atoms. The molecule has 1 fully saturated rings. The third-order valence-electron chi connectivity index (χ3n) is 5.64. The number of methoxy groups -OCH3 is 2. The van der Waals surface area contributed by atoms with Crippen LogP contribution in [0.3, 0.4) is 0 Å². The van der Waals surface area contributed by atoms with Gasteiger partial charge >= 0.3 is 0 Å². The fourth-order valence-electron chi connectivity index (χ4n) is 3.85. The van der Waals surface area contributed by atoms with Gasteiger partial charge in [0.1, 0.15) is 5.52 Å². The van der Waals surface area contributed by atoms with Crippen molar-refractivity contribution in [2.75, 3.05) is 58.4 Å². The number of aryl methyl sites for hydroxylation is 1. The summed E-state index contributed by atoms with van der Waals surface area (Å²) >= 11 is 1.68. The van der Waals surface area contributed by atoms with Crippen molar-refractivity contribution in [2.24, 2.45) is 0 Å². The number of carbonyl (C=O) groups excluding carboxylic acids is 1. The summed E-state index contributed by atoms with van der Waals surface area (Å²) in [7, 11) is 3.28. The molecule has 1 aliphatic rings. The van der Waals surface area contributed by atoms with Crippen LogP contribution in [0, 0.1) is 6.92 Å². The number of piperazine rings is 1. The van der Waals surface area contributed by atoms with Crippen molar-refractivity contribution in [2.45, 2.75) is 6.92 Å². The number of hydrogen-bond acceptors (Lipinski definition) is 7. The molecule has 2 aromatic carbocycles. The predicted octanol–water partition coefficient (Wildman–Crippen LogP) is 3.17. The van der Waals surface area contributed by atoms with Gasteiger partial charge in [-0.1, -0.05) is 29.5 Å². The minimum atomic E-state index is -0.00409. The number of amides is 1. The van der Waals surface area contributed by atoms with E-state index < -0.39 is 0 Å². The Labute approximate surface area is 186 Å². The van der Waals surface area contributed by atoms with Gasteiger partial charge in [-0.15, -0.1) is 0 Å². The summed E-state index contributed by atoms with van der Waals surface area (Å²) in [5.74, 6) is 1.38. The number of carbonyl (C=O) groups is 1. The average Bonchev–Trinajstić information content (AvgIpc) is 3.23. The van der Waals surface area contributed by atoms with Gasteiger partial charge in [-0.25, -0.2) is 4.98 Å². The monoisotopic (exact) mass is 440 g/mol. The van der Waals surface area contributed by atoms with Crippen molar-refractivity contribution in [3.05, 3.63) is 47.5 Å². The zero-order valence-electron chi connectivity index (χ0n) is 18.2. The van der Waals surface area contributed by atoms with Crippen LogP contribution in [0.15, 0.2) is 36.4 Å². The second-order valence-corrected chi connectivity index (χ2v) is 8.55. The van der Waals surface area contributed by atoms with Crippen molar-refractivity contribution in [3.63, 3.8) is 0 Å². The fourth-order valence-corrected chi connectivity index (χ4v) is 4.86. The Morgan fingerprint density at radius 2 is 1.87 bits per heavy atom. The van der Waals surface area contributed by atoms with E-state index in [1.807, 2.05) is 43.3 Å². The Kier molecular flexibility index (Phi) is 6.58. The highest BCUT2D eigenvalue weighted by molar-refractivity contribution is 7.22. The molecule has 1 aliphatic heterocycles. The Bertz CT molecular complexity index is 1060. The summed E-state index contributed by atoms with van der Waals surface area (Å²) in [5.41, 5.74) is 2.59. The van der Waals surface area contributed by atoms with Gasteiger partial charge in [0.15, 0.2) is 16.6 Å². The first-order valence-corrected chi connectivity index (χ1v) is 11.2. The van der Waals surface area contributed by atoms with Crippen LogP contribution >= 0.6 is 11.3 Å². The molecule has 0 unspecified atom stereocenters. The Morgan fingerprint density at radius 3 is 2.58 bits per heavy atom. The predicted molar refractivity (Wildman–Crippen MR) is 125 cm³/mol. The molecule has 1 N–H and O–H groups in total. The maximum absolute atomic E-state index is 12.4. The van der Waals surface area contributed by atoms with E-state index in [-0.39, 0.29) is 5.91 Å². The highest BCUT2D eigenvalue weighted by Crippen LogP contribution is 2.40. The molecular weight excluding hydrogens is 412 g/mol. The van der Waals surface area contributed by atoms with Crippen molar-refractivity contribution in [1.82, 2.24) is 15.2 Å². The SMILES string of the molecule is COc1ccc2sc(N3CCN(CCNC(=O)c4ccccc4C)CC3)nc2c1OC. The number of thiazole rings is 1. The summed E-state index contributed by atoms with van der Waals surface area (Å²) in [6, 6.07) is 11.6. The number of rotatable bonds is 7. The first-order valence-electron chi connectivity index (χ1n) is 10.4. The molecule has 31 heavy (non-hydrogen) atoms. The van der Waals surface area contributed by atoms with E-state index in [9.17, 15) is 4.79 Å². The Hall–Kier alpha value is -2.84. The number of hydrogen-bond donors (Lipinski definition) is 1. The molecule has 4 rings (SSSR count). The normalized spacial score (nSPS) is 14.6. The molecule has 2 heterocycles. The number of benzene rings is 2. The van der Waals surface area contributed by atoms with E-state index >= 15 is 0 Å². The zero-order chi connectivity index (χ0) is 21.8. The summed E-state index contributed by atoms with van der Waals surface area (Å²) < 4.78 is 12.0. The number of nitrogens with zero attached hydrogens (tertiary/aromatic N) is 3. The largest absolute Gasteiger partial charge is 0.493 e. The third kappa shape index (κ3) is 4.60. The molecule has 1 aromatic heterocycles. The van der Waals surface area contributed by atoms with Crippen molar-refractivity contribution < 1.29 is 14.3 Å². The van der Waals surface area contributed by atoms with E-state index in [1.54, 1.807) is 25.6 Å². The lowest BCUT2D eigenvalue weighted by Gasteiger charge is -2.34. The number of nitrogens with one attached hydrogen (secondary N) is 1. The molecule has 0 aliphatic carbocycles. The topological polar surface area (TPSA) is 66.9 Å². The Balaban J connectivity index is 1.31. The second kappa shape index (κ2) is 9.53. The summed E-state index contributed by atoms with van der Waals surface area (Å²) in [6.07, 6.45) is 0. The molecule has 0 saturated carbocycles. The highest BCUT2D eigenvalue weighted by Gasteiger charge is 2.22. The summed E-state index contributed by atoms with van der Waals surface area (Å²) in [5, 5.41) is 4.05. The number of fused-ring (bicyclic) bond motifs is 1. The molecule has 0 atom stereocenters. The molecule has 0 radical (unpaired) electrons. The first kappa shape index (κ1) is 21.4. The van der Waals surface area contributed by atoms with E-state index in [1.165, 1.54) is 0 Å². The van der Waals surface area contributed by atoms with E-state index in [2.05, 4.69) is 15.1 Å².